The van der Waals surface area contributed by atoms with E-state index in [4.69, 9.17) is 4.74 Å². The van der Waals surface area contributed by atoms with Gasteiger partial charge in [-0.3, -0.25) is 0 Å². The molecule has 0 unspecified atom stereocenters. The second kappa shape index (κ2) is 6.45. The van der Waals surface area contributed by atoms with Gasteiger partial charge in [0.2, 0.25) is 0 Å². The number of benzene rings is 2. The summed E-state index contributed by atoms with van der Waals surface area (Å²) in [6.45, 7) is 4.66. The first-order chi connectivity index (χ1) is 11.1. The molecule has 1 saturated carbocycles. The van der Waals surface area contributed by atoms with Crippen LogP contribution in [0.1, 0.15) is 49.3 Å². The molecule has 120 valence electrons. The van der Waals surface area contributed by atoms with Crippen LogP contribution < -0.4 is 5.32 Å². The average Bonchev–Trinajstić information content (AvgIpc) is 3.35. The molecule has 0 spiro atoms. The molecule has 3 rings (SSSR count). The zero-order valence-corrected chi connectivity index (χ0v) is 13.7. The number of nitrogens with one attached hydrogen (secondary N) is 1. The summed E-state index contributed by atoms with van der Waals surface area (Å²) in [6, 6.07) is 18.2. The molecular weight excluding hydrogens is 286 g/mol. The smallest absolute Gasteiger partial charge is 0.408 e. The minimum absolute atomic E-state index is 0.237. The van der Waals surface area contributed by atoms with Crippen molar-refractivity contribution in [3.63, 3.8) is 0 Å². The van der Waals surface area contributed by atoms with Crippen molar-refractivity contribution < 1.29 is 9.53 Å². The Labute approximate surface area is 137 Å². The minimum atomic E-state index is -0.346. The first kappa shape index (κ1) is 15.6. The predicted octanol–water partition coefficient (Wildman–Crippen LogP) is 4.73. The Balaban J connectivity index is 1.62. The van der Waals surface area contributed by atoms with Crippen LogP contribution in [0.25, 0.3) is 0 Å². The fourth-order valence-electron chi connectivity index (χ4n) is 2.76. The van der Waals surface area contributed by atoms with E-state index in [2.05, 4.69) is 43.4 Å². The quantitative estimate of drug-likeness (QED) is 0.867. The van der Waals surface area contributed by atoms with Crippen LogP contribution in [0.5, 0.6) is 0 Å². The summed E-state index contributed by atoms with van der Waals surface area (Å²) in [5.41, 5.74) is 3.24. The molecule has 0 aromatic heterocycles. The molecule has 2 aromatic rings. The molecule has 0 saturated heterocycles. The molecule has 2 aromatic carbocycles. The Morgan fingerprint density at radius 3 is 2.52 bits per heavy atom. The van der Waals surface area contributed by atoms with Gasteiger partial charge in [0.15, 0.2) is 0 Å². The third-order valence-electron chi connectivity index (χ3n) is 4.41. The van der Waals surface area contributed by atoms with Crippen LogP contribution in [-0.2, 0) is 16.9 Å². The van der Waals surface area contributed by atoms with Crippen LogP contribution in [-0.4, -0.2) is 6.09 Å². The third kappa shape index (κ3) is 3.73. The molecule has 0 bridgehead atoms. The maximum absolute atomic E-state index is 12.1. The Hall–Kier alpha value is -2.29. The second-order valence-electron chi connectivity index (χ2n) is 6.55. The Morgan fingerprint density at radius 2 is 1.87 bits per heavy atom. The first-order valence-corrected chi connectivity index (χ1v) is 8.18. The SMILES string of the molecule is CC(C)c1cccc(C2(NC(=O)OCc3ccccc3)CC2)c1. The standard InChI is InChI=1S/C20H23NO2/c1-15(2)17-9-6-10-18(13-17)20(11-12-20)21-19(22)23-14-16-7-4-3-5-8-16/h3-10,13,15H,11-12,14H2,1-2H3,(H,21,22). The summed E-state index contributed by atoms with van der Waals surface area (Å²) in [4.78, 5) is 12.1. The van der Waals surface area contributed by atoms with Crippen LogP contribution in [0.3, 0.4) is 0 Å². The highest BCUT2D eigenvalue weighted by molar-refractivity contribution is 5.69. The maximum Gasteiger partial charge on any atom is 0.408 e. The van der Waals surface area contributed by atoms with Crippen molar-refractivity contribution in [3.8, 4) is 0 Å². The number of hydrogen-bond acceptors (Lipinski definition) is 2. The highest BCUT2D eigenvalue weighted by Gasteiger charge is 2.46. The lowest BCUT2D eigenvalue weighted by Gasteiger charge is -2.19. The van der Waals surface area contributed by atoms with Gasteiger partial charge in [-0.1, -0.05) is 68.4 Å². The summed E-state index contributed by atoms with van der Waals surface area (Å²) in [7, 11) is 0. The van der Waals surface area contributed by atoms with Crippen molar-refractivity contribution in [1.29, 1.82) is 0 Å². The molecule has 1 aliphatic rings. The molecule has 0 radical (unpaired) electrons. The van der Waals surface area contributed by atoms with Gasteiger partial charge in [0.1, 0.15) is 6.61 Å². The molecule has 0 heterocycles. The Kier molecular flexibility index (Phi) is 4.37. The normalized spacial score (nSPS) is 15.3. The first-order valence-electron chi connectivity index (χ1n) is 8.18. The number of ether oxygens (including phenoxy) is 1. The van der Waals surface area contributed by atoms with Gasteiger partial charge in [0.05, 0.1) is 5.54 Å². The zero-order chi connectivity index (χ0) is 16.3. The van der Waals surface area contributed by atoms with Crippen molar-refractivity contribution in [2.45, 2.75) is 44.8 Å². The van der Waals surface area contributed by atoms with E-state index in [1.807, 2.05) is 30.3 Å². The number of rotatable bonds is 5. The van der Waals surface area contributed by atoms with Gasteiger partial charge < -0.3 is 10.1 Å². The summed E-state index contributed by atoms with van der Waals surface area (Å²) < 4.78 is 5.35. The largest absolute Gasteiger partial charge is 0.445 e. The lowest BCUT2D eigenvalue weighted by Crippen LogP contribution is -2.35. The summed E-state index contributed by atoms with van der Waals surface area (Å²) in [6.07, 6.45) is 1.59. The predicted molar refractivity (Wildman–Crippen MR) is 91.2 cm³/mol. The molecule has 1 fully saturated rings. The van der Waals surface area contributed by atoms with E-state index >= 15 is 0 Å². The molecule has 1 N–H and O–H groups in total. The van der Waals surface area contributed by atoms with Gasteiger partial charge in [-0.2, -0.15) is 0 Å². The fraction of sp³-hybridized carbons (Fsp3) is 0.350. The van der Waals surface area contributed by atoms with Gasteiger partial charge in [0, 0.05) is 0 Å². The maximum atomic E-state index is 12.1. The van der Waals surface area contributed by atoms with E-state index in [-0.39, 0.29) is 11.6 Å². The zero-order valence-electron chi connectivity index (χ0n) is 13.7. The third-order valence-corrected chi connectivity index (χ3v) is 4.41. The van der Waals surface area contributed by atoms with E-state index in [1.165, 1.54) is 11.1 Å². The molecule has 1 amide bonds. The highest BCUT2D eigenvalue weighted by Crippen LogP contribution is 2.46. The summed E-state index contributed by atoms with van der Waals surface area (Å²) in [5, 5.41) is 3.06. The Bertz CT molecular complexity index is 675. The second-order valence-corrected chi connectivity index (χ2v) is 6.55. The topological polar surface area (TPSA) is 38.3 Å². The summed E-state index contributed by atoms with van der Waals surface area (Å²) in [5.74, 6) is 0.482. The minimum Gasteiger partial charge on any atom is -0.445 e. The van der Waals surface area contributed by atoms with Crippen LogP contribution in [0.15, 0.2) is 54.6 Å². The average molecular weight is 309 g/mol. The lowest BCUT2D eigenvalue weighted by molar-refractivity contribution is 0.134. The van der Waals surface area contributed by atoms with Crippen LogP contribution >= 0.6 is 0 Å². The fourth-order valence-corrected chi connectivity index (χ4v) is 2.76. The van der Waals surface area contributed by atoms with Crippen molar-refractivity contribution in [3.05, 3.63) is 71.3 Å². The van der Waals surface area contributed by atoms with E-state index in [0.717, 1.165) is 18.4 Å². The summed E-state index contributed by atoms with van der Waals surface area (Å²) >= 11 is 0. The number of carbonyl (C=O) groups is 1. The number of amides is 1. The van der Waals surface area contributed by atoms with E-state index in [1.54, 1.807) is 0 Å². The van der Waals surface area contributed by atoms with E-state index in [0.29, 0.717) is 12.5 Å². The molecule has 0 atom stereocenters. The number of hydrogen-bond donors (Lipinski definition) is 1. The van der Waals surface area contributed by atoms with Crippen LogP contribution in [0.4, 0.5) is 4.79 Å². The molecular formula is C20H23NO2. The molecule has 3 heteroatoms. The lowest BCUT2D eigenvalue weighted by atomic mass is 9.96. The molecule has 1 aliphatic carbocycles. The van der Waals surface area contributed by atoms with Gasteiger partial charge in [-0.05, 0) is 35.4 Å². The monoisotopic (exact) mass is 309 g/mol. The van der Waals surface area contributed by atoms with Crippen molar-refractivity contribution >= 4 is 6.09 Å². The Morgan fingerprint density at radius 1 is 1.13 bits per heavy atom. The van der Waals surface area contributed by atoms with E-state index < -0.39 is 0 Å². The molecule has 3 nitrogen and oxygen atoms in total. The molecule has 0 aliphatic heterocycles. The van der Waals surface area contributed by atoms with Gasteiger partial charge in [-0.15, -0.1) is 0 Å². The number of alkyl carbamates (subject to hydrolysis) is 1. The van der Waals surface area contributed by atoms with Gasteiger partial charge >= 0.3 is 6.09 Å². The van der Waals surface area contributed by atoms with Gasteiger partial charge in [-0.25, -0.2) is 4.79 Å². The molecule has 23 heavy (non-hydrogen) atoms. The van der Waals surface area contributed by atoms with Crippen molar-refractivity contribution in [2.24, 2.45) is 0 Å². The van der Waals surface area contributed by atoms with Crippen molar-refractivity contribution in [1.82, 2.24) is 5.32 Å². The van der Waals surface area contributed by atoms with Crippen LogP contribution in [0.2, 0.25) is 0 Å². The highest BCUT2D eigenvalue weighted by atomic mass is 16.5. The van der Waals surface area contributed by atoms with Gasteiger partial charge in [0.25, 0.3) is 0 Å². The van der Waals surface area contributed by atoms with Crippen molar-refractivity contribution in [2.75, 3.05) is 0 Å². The number of carbonyl (C=O) groups excluding carboxylic acids is 1. The van der Waals surface area contributed by atoms with E-state index in [9.17, 15) is 4.79 Å². The van der Waals surface area contributed by atoms with Crippen LogP contribution in [0, 0.1) is 0 Å².